The first-order valence-corrected chi connectivity index (χ1v) is 12.1. The average Bonchev–Trinajstić information content (AvgIpc) is 2.93. The van der Waals surface area contributed by atoms with Crippen molar-refractivity contribution in [3.05, 3.63) is 103 Å². The summed E-state index contributed by atoms with van der Waals surface area (Å²) >= 11 is 0. The molecule has 5 nitrogen and oxygen atoms in total. The number of ketones is 1. The Balaban J connectivity index is 1.22. The summed E-state index contributed by atoms with van der Waals surface area (Å²) < 4.78 is 0. The number of fused-ring (bicyclic) bond motifs is 2. The number of anilines is 1. The fourth-order valence-electron chi connectivity index (χ4n) is 4.88. The van der Waals surface area contributed by atoms with Crippen LogP contribution in [0.15, 0.2) is 97.1 Å². The van der Waals surface area contributed by atoms with Crippen LogP contribution in [-0.4, -0.2) is 53.4 Å². The lowest BCUT2D eigenvalue weighted by atomic mass is 10.0. The first-order chi connectivity index (χ1) is 17.3. The smallest absolute Gasteiger partial charge is 0.177 e. The lowest BCUT2D eigenvalue weighted by molar-refractivity contribution is 0.0928. The van der Waals surface area contributed by atoms with E-state index in [0.717, 1.165) is 70.6 Å². The minimum Gasteiger partial charge on any atom is -0.352 e. The first-order valence-electron chi connectivity index (χ1n) is 12.1. The molecule has 2 heterocycles. The zero-order valence-corrected chi connectivity index (χ0v) is 19.5. The van der Waals surface area contributed by atoms with E-state index in [-0.39, 0.29) is 5.78 Å². The molecule has 1 saturated heterocycles. The van der Waals surface area contributed by atoms with E-state index >= 15 is 0 Å². The van der Waals surface area contributed by atoms with Crippen molar-refractivity contribution < 1.29 is 4.79 Å². The number of benzene rings is 4. The van der Waals surface area contributed by atoms with Crippen molar-refractivity contribution in [1.82, 2.24) is 14.9 Å². The fraction of sp³-hybridized carbons (Fsp3) is 0.167. The minimum absolute atomic E-state index is 0.172. The molecule has 0 bridgehead atoms. The first kappa shape index (κ1) is 21.4. The van der Waals surface area contributed by atoms with Crippen LogP contribution in [0.1, 0.15) is 10.4 Å². The molecule has 172 valence electrons. The number of hydrogen-bond donors (Lipinski definition) is 0. The molecule has 6 rings (SSSR count). The molecular formula is C30H26N4O. The molecule has 0 saturated carbocycles. The summed E-state index contributed by atoms with van der Waals surface area (Å²) in [5.41, 5.74) is 4.57. The third kappa shape index (κ3) is 4.27. The topological polar surface area (TPSA) is 49.3 Å². The fourth-order valence-corrected chi connectivity index (χ4v) is 4.88. The van der Waals surface area contributed by atoms with Gasteiger partial charge in [0.2, 0.25) is 0 Å². The molecule has 5 aromatic rings. The van der Waals surface area contributed by atoms with Crippen LogP contribution in [0.2, 0.25) is 0 Å². The van der Waals surface area contributed by atoms with Gasteiger partial charge < -0.3 is 4.90 Å². The molecule has 1 aromatic heterocycles. The van der Waals surface area contributed by atoms with Gasteiger partial charge >= 0.3 is 0 Å². The number of piperazine rings is 1. The SMILES string of the molecule is O=C(CN1CCN(c2nc3ccccc3nc2-c2ccccc2)CC1)c1cccc2ccccc12. The van der Waals surface area contributed by atoms with Crippen molar-refractivity contribution in [3.8, 4) is 11.3 Å². The Morgan fingerprint density at radius 3 is 2.14 bits per heavy atom. The number of carbonyl (C=O) groups is 1. The van der Waals surface area contributed by atoms with Crippen LogP contribution in [-0.2, 0) is 0 Å². The van der Waals surface area contributed by atoms with Gasteiger partial charge in [-0.05, 0) is 22.9 Å². The number of rotatable bonds is 5. The molecular weight excluding hydrogens is 432 g/mol. The van der Waals surface area contributed by atoms with Gasteiger partial charge in [0.15, 0.2) is 11.6 Å². The van der Waals surface area contributed by atoms with E-state index in [0.29, 0.717) is 6.54 Å². The van der Waals surface area contributed by atoms with E-state index in [2.05, 4.69) is 34.1 Å². The predicted octanol–water partition coefficient (Wildman–Crippen LogP) is 5.45. The van der Waals surface area contributed by atoms with Gasteiger partial charge in [-0.15, -0.1) is 0 Å². The van der Waals surface area contributed by atoms with Gasteiger partial charge in [0.05, 0.1) is 17.6 Å². The number of hydrogen-bond acceptors (Lipinski definition) is 5. The van der Waals surface area contributed by atoms with Crippen molar-refractivity contribution in [2.45, 2.75) is 0 Å². The summed E-state index contributed by atoms with van der Waals surface area (Å²) in [4.78, 5) is 27.7. The Labute approximate surface area is 204 Å². The molecule has 0 aliphatic carbocycles. The molecule has 1 aliphatic rings. The molecule has 0 spiro atoms. The summed E-state index contributed by atoms with van der Waals surface area (Å²) in [6.07, 6.45) is 0. The molecule has 1 fully saturated rings. The van der Waals surface area contributed by atoms with Crippen molar-refractivity contribution in [3.63, 3.8) is 0 Å². The van der Waals surface area contributed by atoms with E-state index in [1.807, 2.05) is 72.8 Å². The maximum atomic E-state index is 13.2. The molecule has 0 amide bonds. The van der Waals surface area contributed by atoms with E-state index in [4.69, 9.17) is 9.97 Å². The van der Waals surface area contributed by atoms with Crippen LogP contribution in [0.25, 0.3) is 33.1 Å². The number of carbonyl (C=O) groups excluding carboxylic acids is 1. The van der Waals surface area contributed by atoms with Crippen LogP contribution in [0.4, 0.5) is 5.82 Å². The van der Waals surface area contributed by atoms with Crippen molar-refractivity contribution >= 4 is 33.4 Å². The van der Waals surface area contributed by atoms with Crippen LogP contribution in [0.3, 0.4) is 0 Å². The third-order valence-electron chi connectivity index (χ3n) is 6.73. The quantitative estimate of drug-likeness (QED) is 0.328. The van der Waals surface area contributed by atoms with E-state index in [1.165, 1.54) is 0 Å². The second-order valence-electron chi connectivity index (χ2n) is 8.96. The summed E-state index contributed by atoms with van der Waals surface area (Å²) in [6.45, 7) is 3.64. The van der Waals surface area contributed by atoms with Gasteiger partial charge in [-0.2, -0.15) is 0 Å². The Hall–Kier alpha value is -4.09. The highest BCUT2D eigenvalue weighted by atomic mass is 16.1. The minimum atomic E-state index is 0.172. The van der Waals surface area contributed by atoms with E-state index in [9.17, 15) is 4.79 Å². The lowest BCUT2D eigenvalue weighted by Gasteiger charge is -2.35. The third-order valence-corrected chi connectivity index (χ3v) is 6.73. The van der Waals surface area contributed by atoms with Gasteiger partial charge in [0.1, 0.15) is 5.69 Å². The summed E-state index contributed by atoms with van der Waals surface area (Å²) in [6, 6.07) is 32.3. The van der Waals surface area contributed by atoms with Crippen LogP contribution >= 0.6 is 0 Å². The Bertz CT molecular complexity index is 1500. The van der Waals surface area contributed by atoms with E-state index in [1.54, 1.807) is 0 Å². The normalized spacial score (nSPS) is 14.5. The zero-order chi connectivity index (χ0) is 23.6. The monoisotopic (exact) mass is 458 g/mol. The number of aromatic nitrogens is 2. The molecule has 0 N–H and O–H groups in total. The molecule has 35 heavy (non-hydrogen) atoms. The number of nitrogens with zero attached hydrogens (tertiary/aromatic N) is 4. The number of para-hydroxylation sites is 2. The van der Waals surface area contributed by atoms with Crippen LogP contribution in [0, 0.1) is 0 Å². The van der Waals surface area contributed by atoms with E-state index < -0.39 is 0 Å². The molecule has 0 atom stereocenters. The van der Waals surface area contributed by atoms with Crippen LogP contribution < -0.4 is 4.90 Å². The summed E-state index contributed by atoms with van der Waals surface area (Å²) in [5.74, 6) is 1.08. The highest BCUT2D eigenvalue weighted by Crippen LogP contribution is 2.30. The maximum Gasteiger partial charge on any atom is 0.177 e. The van der Waals surface area contributed by atoms with Crippen LogP contribution in [0.5, 0.6) is 0 Å². The predicted molar refractivity (Wildman–Crippen MR) is 142 cm³/mol. The summed E-state index contributed by atoms with van der Waals surface area (Å²) in [7, 11) is 0. The molecule has 4 aromatic carbocycles. The Morgan fingerprint density at radius 1 is 0.686 bits per heavy atom. The maximum absolute atomic E-state index is 13.2. The average molecular weight is 459 g/mol. The van der Waals surface area contributed by atoms with Gasteiger partial charge in [-0.25, -0.2) is 9.97 Å². The van der Waals surface area contributed by atoms with Crippen molar-refractivity contribution in [2.24, 2.45) is 0 Å². The zero-order valence-electron chi connectivity index (χ0n) is 19.5. The summed E-state index contributed by atoms with van der Waals surface area (Å²) in [5, 5.41) is 2.13. The Morgan fingerprint density at radius 2 is 1.34 bits per heavy atom. The van der Waals surface area contributed by atoms with Crippen molar-refractivity contribution in [1.29, 1.82) is 0 Å². The molecule has 0 radical (unpaired) electrons. The lowest BCUT2D eigenvalue weighted by Crippen LogP contribution is -2.48. The van der Waals surface area contributed by atoms with Gasteiger partial charge in [-0.3, -0.25) is 9.69 Å². The second-order valence-corrected chi connectivity index (χ2v) is 8.96. The standard InChI is InChI=1S/C30H26N4O/c35-28(25-14-8-12-22-9-4-5-13-24(22)25)21-33-17-19-34(20-18-33)30-29(23-10-2-1-3-11-23)31-26-15-6-7-16-27(26)32-30/h1-16H,17-21H2. The highest BCUT2D eigenvalue weighted by molar-refractivity contribution is 6.09. The van der Waals surface area contributed by atoms with Gasteiger partial charge in [0.25, 0.3) is 0 Å². The van der Waals surface area contributed by atoms with Gasteiger partial charge in [0, 0.05) is 37.3 Å². The van der Waals surface area contributed by atoms with Gasteiger partial charge in [-0.1, -0.05) is 84.9 Å². The van der Waals surface area contributed by atoms with Crippen molar-refractivity contribution in [2.75, 3.05) is 37.6 Å². The largest absolute Gasteiger partial charge is 0.352 e. The second kappa shape index (κ2) is 9.28. The number of Topliss-reactive ketones (excluding diaryl/α,β-unsaturated/α-hetero) is 1. The highest BCUT2D eigenvalue weighted by Gasteiger charge is 2.24. The Kier molecular flexibility index (Phi) is 5.68. The molecule has 1 aliphatic heterocycles. The molecule has 5 heteroatoms. The molecule has 0 unspecified atom stereocenters.